The molecule has 304 valence electrons. The number of halogens is 3. The van der Waals surface area contributed by atoms with Crippen molar-refractivity contribution in [3.8, 4) is 57.2 Å². The van der Waals surface area contributed by atoms with Crippen LogP contribution in [0.2, 0.25) is 0 Å². The van der Waals surface area contributed by atoms with E-state index in [1.807, 2.05) is 24.4 Å². The standard InChI is InChI=1S/C42H42F3N11O3/c43-42(44,45)59-36-8-4-3-7-35(36)56-23-31(19-52-56)40-38(58-24-27-9-13-32(47)14-10-27)21-49-41(54-40)53-33-15-11-28(12-16-33)25-57-37-20-48-26-50-39(37)30-18-51-55(22-30)34-6-2-1-5-29(34)17-46/h1-8,18-23,26-28,32-33H,9-16,24-25,47H2,(H,49,53,54)/t27-,28-,32+,33+. The van der Waals surface area contributed by atoms with Gasteiger partial charge in [0.2, 0.25) is 5.95 Å². The summed E-state index contributed by atoms with van der Waals surface area (Å²) in [5.74, 6) is 1.67. The highest BCUT2D eigenvalue weighted by atomic mass is 19.4. The van der Waals surface area contributed by atoms with Gasteiger partial charge < -0.3 is 25.3 Å². The molecule has 2 fully saturated rings. The van der Waals surface area contributed by atoms with Crippen molar-refractivity contribution in [2.75, 3.05) is 18.5 Å². The van der Waals surface area contributed by atoms with Gasteiger partial charge in [-0.1, -0.05) is 24.3 Å². The molecule has 6 aromatic rings. The van der Waals surface area contributed by atoms with Gasteiger partial charge in [-0.05, 0) is 87.5 Å². The highest BCUT2D eigenvalue weighted by Crippen LogP contribution is 2.35. The van der Waals surface area contributed by atoms with Crippen LogP contribution < -0.4 is 25.3 Å². The molecule has 0 unspecified atom stereocenters. The predicted molar refractivity (Wildman–Crippen MR) is 211 cm³/mol. The Hall–Kier alpha value is -6.54. The number of nitrogens with zero attached hydrogens (tertiary/aromatic N) is 9. The van der Waals surface area contributed by atoms with Crippen LogP contribution in [-0.2, 0) is 0 Å². The quantitative estimate of drug-likeness (QED) is 0.117. The summed E-state index contributed by atoms with van der Waals surface area (Å²) in [7, 11) is 0. The number of hydrogen-bond acceptors (Lipinski definition) is 12. The van der Waals surface area contributed by atoms with Crippen LogP contribution in [0.25, 0.3) is 33.9 Å². The van der Waals surface area contributed by atoms with E-state index in [0.29, 0.717) is 70.7 Å². The molecule has 14 nitrogen and oxygen atoms in total. The molecule has 2 aliphatic carbocycles. The van der Waals surface area contributed by atoms with Crippen LogP contribution >= 0.6 is 0 Å². The molecule has 2 aromatic carbocycles. The van der Waals surface area contributed by atoms with E-state index in [1.165, 1.54) is 35.4 Å². The molecule has 0 atom stereocenters. The van der Waals surface area contributed by atoms with Crippen molar-refractivity contribution in [1.29, 1.82) is 5.26 Å². The van der Waals surface area contributed by atoms with Gasteiger partial charge in [0.1, 0.15) is 29.5 Å². The fraction of sp³-hybridized carbons (Fsp3) is 0.357. The minimum atomic E-state index is -4.86. The summed E-state index contributed by atoms with van der Waals surface area (Å²) >= 11 is 0. The average Bonchev–Trinajstić information content (AvgIpc) is 3.95. The first-order valence-corrected chi connectivity index (χ1v) is 19.6. The Labute approximate surface area is 338 Å². The molecule has 0 aliphatic heterocycles. The fourth-order valence-electron chi connectivity index (χ4n) is 7.60. The smallest absolute Gasteiger partial charge is 0.489 e. The second-order valence-electron chi connectivity index (χ2n) is 14.9. The molecule has 59 heavy (non-hydrogen) atoms. The van der Waals surface area contributed by atoms with E-state index >= 15 is 0 Å². The molecule has 0 amide bonds. The van der Waals surface area contributed by atoms with Gasteiger partial charge in [0.15, 0.2) is 17.2 Å². The van der Waals surface area contributed by atoms with Crippen molar-refractivity contribution in [2.24, 2.45) is 17.6 Å². The summed E-state index contributed by atoms with van der Waals surface area (Å²) in [6, 6.07) is 15.6. The molecule has 8 rings (SSSR count). The lowest BCUT2D eigenvalue weighted by atomic mass is 9.86. The number of para-hydroxylation sites is 3. The molecular formula is C42H42F3N11O3. The number of hydrogen-bond donors (Lipinski definition) is 2. The number of anilines is 1. The molecular weight excluding hydrogens is 764 g/mol. The molecule has 4 aromatic heterocycles. The first-order chi connectivity index (χ1) is 28.7. The van der Waals surface area contributed by atoms with Crippen LogP contribution in [0.3, 0.4) is 0 Å². The zero-order valence-electron chi connectivity index (χ0n) is 32.0. The summed E-state index contributed by atoms with van der Waals surface area (Å²) in [5, 5.41) is 21.9. The lowest BCUT2D eigenvalue weighted by Crippen LogP contribution is -2.29. The number of ether oxygens (including phenoxy) is 3. The minimum Gasteiger partial charge on any atom is -0.489 e. The van der Waals surface area contributed by atoms with Crippen LogP contribution in [-0.4, -0.2) is 71.2 Å². The molecule has 17 heteroatoms. The predicted octanol–water partition coefficient (Wildman–Crippen LogP) is 7.69. The second kappa shape index (κ2) is 17.5. The maximum Gasteiger partial charge on any atom is 0.573 e. The number of benzene rings is 2. The summed E-state index contributed by atoms with van der Waals surface area (Å²) in [6.45, 7) is 0.953. The first kappa shape index (κ1) is 39.3. The van der Waals surface area contributed by atoms with Crippen molar-refractivity contribution < 1.29 is 27.4 Å². The van der Waals surface area contributed by atoms with E-state index in [1.54, 1.807) is 41.6 Å². The second-order valence-corrected chi connectivity index (χ2v) is 14.9. The Balaban J connectivity index is 0.928. The molecule has 4 heterocycles. The number of rotatable bonds is 13. The Bertz CT molecular complexity index is 2400. The van der Waals surface area contributed by atoms with Crippen LogP contribution in [0.5, 0.6) is 17.2 Å². The summed E-state index contributed by atoms with van der Waals surface area (Å²) < 4.78 is 59.5. The van der Waals surface area contributed by atoms with Gasteiger partial charge >= 0.3 is 6.36 Å². The average molecular weight is 806 g/mol. The van der Waals surface area contributed by atoms with Crippen molar-refractivity contribution in [2.45, 2.75) is 69.8 Å². The van der Waals surface area contributed by atoms with Crippen LogP contribution in [0.4, 0.5) is 19.1 Å². The van der Waals surface area contributed by atoms with Gasteiger partial charge in [0, 0.05) is 35.6 Å². The summed E-state index contributed by atoms with van der Waals surface area (Å²) in [5.41, 5.74) is 9.79. The van der Waals surface area contributed by atoms with E-state index in [2.05, 4.69) is 41.3 Å². The molecule has 0 bridgehead atoms. The van der Waals surface area contributed by atoms with E-state index < -0.39 is 6.36 Å². The Morgan fingerprint density at radius 3 is 2.03 bits per heavy atom. The first-order valence-electron chi connectivity index (χ1n) is 19.6. The normalized spacial score (nSPS) is 19.4. The molecule has 3 N–H and O–H groups in total. The fourth-order valence-corrected chi connectivity index (χ4v) is 7.60. The number of nitriles is 1. The van der Waals surface area contributed by atoms with Crippen LogP contribution in [0.1, 0.15) is 56.9 Å². The molecule has 2 saturated carbocycles. The highest BCUT2D eigenvalue weighted by molar-refractivity contribution is 5.67. The van der Waals surface area contributed by atoms with Crippen molar-refractivity contribution in [1.82, 2.24) is 39.5 Å². The topological polar surface area (TPSA) is 177 Å². The number of aromatic nitrogens is 8. The highest BCUT2D eigenvalue weighted by Gasteiger charge is 2.32. The lowest BCUT2D eigenvalue weighted by Gasteiger charge is -2.29. The van der Waals surface area contributed by atoms with Crippen LogP contribution in [0, 0.1) is 23.2 Å². The Kier molecular flexibility index (Phi) is 11.7. The minimum absolute atomic E-state index is 0.101. The number of nitrogens with one attached hydrogen (secondary N) is 1. The zero-order chi connectivity index (χ0) is 40.8. The number of nitrogens with two attached hydrogens (primary N) is 1. The third-order valence-electron chi connectivity index (χ3n) is 10.8. The van der Waals surface area contributed by atoms with Crippen molar-refractivity contribution in [3.05, 3.63) is 97.6 Å². The Morgan fingerprint density at radius 2 is 1.34 bits per heavy atom. The van der Waals surface area contributed by atoms with E-state index in [0.717, 1.165) is 56.9 Å². The molecule has 0 spiro atoms. The maximum absolute atomic E-state index is 13.2. The maximum atomic E-state index is 13.2. The van der Waals surface area contributed by atoms with Gasteiger partial charge in [-0.25, -0.2) is 29.3 Å². The van der Waals surface area contributed by atoms with Gasteiger partial charge in [0.05, 0.1) is 49.3 Å². The van der Waals surface area contributed by atoms with E-state index in [9.17, 15) is 18.4 Å². The third-order valence-corrected chi connectivity index (χ3v) is 10.8. The van der Waals surface area contributed by atoms with Crippen molar-refractivity contribution in [3.63, 3.8) is 0 Å². The van der Waals surface area contributed by atoms with Gasteiger partial charge in [-0.3, -0.25) is 0 Å². The molecule has 0 radical (unpaired) electrons. The Morgan fingerprint density at radius 1 is 0.729 bits per heavy atom. The molecule has 2 aliphatic rings. The van der Waals surface area contributed by atoms with Crippen LogP contribution in [0.15, 0.2) is 92.0 Å². The largest absolute Gasteiger partial charge is 0.573 e. The van der Waals surface area contributed by atoms with E-state index in [-0.39, 0.29) is 23.5 Å². The van der Waals surface area contributed by atoms with Crippen molar-refractivity contribution >= 4 is 5.95 Å². The van der Waals surface area contributed by atoms with Gasteiger partial charge in [0.25, 0.3) is 0 Å². The van der Waals surface area contributed by atoms with Gasteiger partial charge in [-0.2, -0.15) is 15.5 Å². The third kappa shape index (κ3) is 9.61. The zero-order valence-corrected chi connectivity index (χ0v) is 32.0. The van der Waals surface area contributed by atoms with E-state index in [4.69, 9.17) is 20.2 Å². The van der Waals surface area contributed by atoms with Gasteiger partial charge in [-0.15, -0.1) is 13.2 Å². The monoisotopic (exact) mass is 805 g/mol. The lowest BCUT2D eigenvalue weighted by molar-refractivity contribution is -0.274. The summed E-state index contributed by atoms with van der Waals surface area (Å²) in [4.78, 5) is 18.2. The number of alkyl halides is 3. The SMILES string of the molecule is N#Cc1ccccc1-n1cc(-c2ncncc2OC[C@H]2CC[C@@H](Nc3ncc(OC[C@H]4CC[C@@H](N)CC4)c(-c4cnn(-c5ccccc5OC(F)(F)F)c4)n3)CC2)cn1. The summed E-state index contributed by atoms with van der Waals surface area (Å²) in [6.07, 6.45) is 13.9. The molecule has 0 saturated heterocycles.